The molecule has 0 fully saturated rings. The highest BCUT2D eigenvalue weighted by molar-refractivity contribution is 8.68. The average Bonchev–Trinajstić information content (AvgIpc) is 2.67. The Kier molecular flexibility index (Phi) is 14.3. The van der Waals surface area contributed by atoms with Gasteiger partial charge in [0.2, 0.25) is 11.6 Å². The molecule has 1 atom stereocenters. The van der Waals surface area contributed by atoms with Crippen molar-refractivity contribution in [3.63, 3.8) is 0 Å². The third-order valence-corrected chi connectivity index (χ3v) is 8.72. The van der Waals surface area contributed by atoms with Gasteiger partial charge in [0.1, 0.15) is 0 Å². The lowest BCUT2D eigenvalue weighted by molar-refractivity contribution is -0.384. The molecule has 2 amide bonds. The van der Waals surface area contributed by atoms with Gasteiger partial charge in [-0.2, -0.15) is 0 Å². The summed E-state index contributed by atoms with van der Waals surface area (Å²) in [5, 5.41) is 11.1. The van der Waals surface area contributed by atoms with Crippen LogP contribution in [0.4, 0.5) is 10.5 Å². The predicted molar refractivity (Wildman–Crippen MR) is 122 cm³/mol. The van der Waals surface area contributed by atoms with Crippen LogP contribution in [0.3, 0.4) is 0 Å². The minimum Gasteiger partial charge on any atom is -0.449 e. The molecule has 13 heteroatoms. The zero-order chi connectivity index (χ0) is 22.4. The molecule has 0 aliphatic rings. The van der Waals surface area contributed by atoms with Crippen molar-refractivity contribution in [2.45, 2.75) is 20.8 Å². The summed E-state index contributed by atoms with van der Waals surface area (Å²) in [6.45, 7) is 6.37. The first-order chi connectivity index (χ1) is 13.6. The minimum absolute atomic E-state index is 0.0204. The highest BCUT2D eigenvalue weighted by Gasteiger charge is 2.24. The number of carbonyl (C=O) groups is 2. The van der Waals surface area contributed by atoms with Crippen LogP contribution in [-0.4, -0.2) is 54.4 Å². The summed E-state index contributed by atoms with van der Waals surface area (Å²) in [6.07, 6.45) is -0.672. The van der Waals surface area contributed by atoms with E-state index in [0.29, 0.717) is 13.2 Å². The molecule has 0 bridgehead atoms. The Balaban J connectivity index is 0.000000651. The number of benzene rings is 1. The van der Waals surface area contributed by atoms with Crippen molar-refractivity contribution in [1.29, 1.82) is 0 Å². The van der Waals surface area contributed by atoms with Gasteiger partial charge in [0, 0.05) is 19.2 Å². The van der Waals surface area contributed by atoms with E-state index in [4.69, 9.17) is 25.6 Å². The Morgan fingerprint density at radius 3 is 2.10 bits per heavy atom. The van der Waals surface area contributed by atoms with Crippen LogP contribution in [0, 0.1) is 10.1 Å². The van der Waals surface area contributed by atoms with E-state index < -0.39 is 22.6 Å². The molecule has 1 unspecified atom stereocenters. The van der Waals surface area contributed by atoms with E-state index >= 15 is 0 Å². The number of nitrogens with zero attached hydrogens (tertiary/aromatic N) is 2. The second-order valence-electron chi connectivity index (χ2n) is 5.06. The van der Waals surface area contributed by atoms with Crippen LogP contribution in [-0.2, 0) is 30.4 Å². The van der Waals surface area contributed by atoms with Gasteiger partial charge >= 0.3 is 6.09 Å². The molecule has 0 spiro atoms. The van der Waals surface area contributed by atoms with E-state index in [-0.39, 0.29) is 18.0 Å². The molecule has 9 nitrogen and oxygen atoms in total. The van der Waals surface area contributed by atoms with E-state index in [1.54, 1.807) is 19.1 Å². The highest BCUT2D eigenvalue weighted by atomic mass is 32.9. The fourth-order valence-corrected chi connectivity index (χ4v) is 6.08. The summed E-state index contributed by atoms with van der Waals surface area (Å²) >= 11 is 6.39. The molecule has 0 saturated heterocycles. The zero-order valence-electron chi connectivity index (χ0n) is 16.7. The first kappa shape index (κ1) is 27.9. The molecule has 164 valence electrons. The Labute approximate surface area is 182 Å². The maximum absolute atomic E-state index is 11.8. The molecule has 1 rings (SSSR count). The number of nitro benzene ring substituents is 1. The van der Waals surface area contributed by atoms with Crippen molar-refractivity contribution in [3.05, 3.63) is 34.4 Å². The van der Waals surface area contributed by atoms with Crippen LogP contribution in [0.1, 0.15) is 20.8 Å². The molecule has 0 aliphatic heterocycles. The monoisotopic (exact) mass is 484 g/mol. The molecular weight excluding hydrogens is 458 g/mol. The van der Waals surface area contributed by atoms with Gasteiger partial charge in [0.05, 0.1) is 30.5 Å². The third kappa shape index (κ3) is 11.6. The van der Waals surface area contributed by atoms with E-state index in [0.717, 1.165) is 21.6 Å². The average molecular weight is 484 g/mol. The number of nitro groups is 1. The standard InChI is InChI=1S/C10H20NO5PS2.C6H6NO2P/c1-5-14-10(13)11(4)9(12)8-19-17(18,15-6-2)16-7-3;8-7(9)5-1-3-6(10)4-2-5/h5-8H2,1-4H3;1-4H,10H2. The molecule has 0 heterocycles. The molecule has 29 heavy (non-hydrogen) atoms. The fourth-order valence-electron chi connectivity index (χ4n) is 1.58. The van der Waals surface area contributed by atoms with Gasteiger partial charge in [0.15, 0.2) is 0 Å². The summed E-state index contributed by atoms with van der Waals surface area (Å²) in [4.78, 5) is 33.8. The van der Waals surface area contributed by atoms with E-state index in [1.165, 1.54) is 19.2 Å². The van der Waals surface area contributed by atoms with Gasteiger partial charge in [-0.1, -0.05) is 11.4 Å². The Morgan fingerprint density at radius 2 is 1.69 bits per heavy atom. The Hall–Kier alpha value is -1.09. The number of hydrogen-bond acceptors (Lipinski definition) is 9. The molecule has 0 radical (unpaired) electrons. The van der Waals surface area contributed by atoms with Gasteiger partial charge in [-0.05, 0) is 50.0 Å². The maximum atomic E-state index is 11.8. The van der Waals surface area contributed by atoms with Crippen molar-refractivity contribution in [2.75, 3.05) is 32.6 Å². The number of rotatable bonds is 9. The normalized spacial score (nSPS) is 10.5. The quantitative estimate of drug-likeness (QED) is 0.294. The Bertz CT molecular complexity index is 710. The summed E-state index contributed by atoms with van der Waals surface area (Å²) < 4.78 is 15.5. The number of imide groups is 1. The summed E-state index contributed by atoms with van der Waals surface area (Å²) in [6, 6.07) is 6.32. The SMILES string of the molecule is CCOC(=O)N(C)C(=O)CSP(=S)(OCC)OCC.O=[N+]([O-])c1ccc(P)cc1. The number of hydrogen-bond donors (Lipinski definition) is 0. The number of amides is 2. The van der Waals surface area contributed by atoms with Crippen molar-refractivity contribution in [3.8, 4) is 0 Å². The minimum atomic E-state index is -2.51. The molecule has 1 aromatic carbocycles. The van der Waals surface area contributed by atoms with Crippen LogP contribution in [0.15, 0.2) is 24.3 Å². The second-order valence-corrected chi connectivity index (χ2v) is 12.0. The fraction of sp³-hybridized carbons (Fsp3) is 0.500. The molecule has 0 aromatic heterocycles. The zero-order valence-corrected chi connectivity index (χ0v) is 20.4. The predicted octanol–water partition coefficient (Wildman–Crippen LogP) is 3.73. The largest absolute Gasteiger partial charge is 0.449 e. The molecular formula is C16H26N2O7P2S2. The number of carbonyl (C=O) groups excluding carboxylic acids is 2. The smallest absolute Gasteiger partial charge is 0.416 e. The summed E-state index contributed by atoms with van der Waals surface area (Å²) in [7, 11) is 3.83. The molecule has 1 aromatic rings. The number of ether oxygens (including phenoxy) is 1. The third-order valence-electron chi connectivity index (χ3n) is 2.94. The summed E-state index contributed by atoms with van der Waals surface area (Å²) in [5.41, 5.74) is -2.38. The first-order valence-electron chi connectivity index (χ1n) is 8.57. The van der Waals surface area contributed by atoms with Gasteiger partial charge in [-0.3, -0.25) is 14.9 Å². The van der Waals surface area contributed by atoms with Gasteiger partial charge in [-0.15, -0.1) is 9.24 Å². The molecule has 0 N–H and O–H groups in total. The lowest BCUT2D eigenvalue weighted by atomic mass is 10.3. The topological polar surface area (TPSA) is 108 Å². The van der Waals surface area contributed by atoms with Crippen molar-refractivity contribution in [1.82, 2.24) is 4.90 Å². The van der Waals surface area contributed by atoms with Crippen LogP contribution in [0.2, 0.25) is 0 Å². The van der Waals surface area contributed by atoms with E-state index in [2.05, 4.69) is 9.24 Å². The number of non-ortho nitro benzene ring substituents is 1. The van der Waals surface area contributed by atoms with Crippen LogP contribution < -0.4 is 5.30 Å². The van der Waals surface area contributed by atoms with Crippen LogP contribution >= 0.6 is 26.3 Å². The van der Waals surface area contributed by atoms with Crippen molar-refractivity contribution in [2.24, 2.45) is 0 Å². The Morgan fingerprint density at radius 1 is 1.17 bits per heavy atom. The van der Waals surface area contributed by atoms with Gasteiger partial charge < -0.3 is 13.8 Å². The van der Waals surface area contributed by atoms with Crippen molar-refractivity contribution >= 4 is 61.1 Å². The lowest BCUT2D eigenvalue weighted by Gasteiger charge is -2.21. The molecule has 0 saturated carbocycles. The van der Waals surface area contributed by atoms with Crippen LogP contribution in [0.25, 0.3) is 0 Å². The first-order valence-corrected chi connectivity index (χ1v) is 13.4. The second kappa shape index (κ2) is 14.8. The highest BCUT2D eigenvalue weighted by Crippen LogP contribution is 2.60. The van der Waals surface area contributed by atoms with Gasteiger partial charge in [-0.25, -0.2) is 9.69 Å². The summed E-state index contributed by atoms with van der Waals surface area (Å²) in [5.74, 6) is -0.371. The molecule has 0 aliphatic carbocycles. The lowest BCUT2D eigenvalue weighted by Crippen LogP contribution is -2.34. The van der Waals surface area contributed by atoms with E-state index in [9.17, 15) is 19.7 Å². The van der Waals surface area contributed by atoms with Crippen LogP contribution in [0.5, 0.6) is 0 Å². The van der Waals surface area contributed by atoms with Gasteiger partial charge in [0.25, 0.3) is 5.69 Å². The maximum Gasteiger partial charge on any atom is 0.416 e. The van der Waals surface area contributed by atoms with Crippen molar-refractivity contribution < 1.29 is 28.3 Å². The van der Waals surface area contributed by atoms with E-state index in [1.807, 2.05) is 13.8 Å².